The number of H-pyrrole nitrogens is 1. The highest BCUT2D eigenvalue weighted by Crippen LogP contribution is 2.08. The molecule has 0 aliphatic carbocycles. The molecule has 0 amide bonds. The standard InChI is InChI=1S/C13H12N2O3S/c1-8-2-4-10(5-3-8)15-12(18)9(6-11(16)17)7-14-13(15)19/h2-5,7H,6H2,1H3,(H,14,19)(H,16,17). The molecule has 5 nitrogen and oxygen atoms in total. The molecular weight excluding hydrogens is 264 g/mol. The lowest BCUT2D eigenvalue weighted by molar-refractivity contribution is -0.136. The van der Waals surface area contributed by atoms with Crippen LogP contribution in [0.5, 0.6) is 0 Å². The fraction of sp³-hybridized carbons (Fsp3) is 0.154. The van der Waals surface area contributed by atoms with Gasteiger partial charge in [-0.15, -0.1) is 0 Å². The smallest absolute Gasteiger partial charge is 0.308 e. The summed E-state index contributed by atoms with van der Waals surface area (Å²) in [6.07, 6.45) is 1.01. The maximum Gasteiger partial charge on any atom is 0.308 e. The van der Waals surface area contributed by atoms with Gasteiger partial charge in [-0.2, -0.15) is 0 Å². The lowest BCUT2D eigenvalue weighted by Gasteiger charge is -2.08. The first kappa shape index (κ1) is 13.2. The van der Waals surface area contributed by atoms with E-state index in [1.54, 1.807) is 12.1 Å². The van der Waals surface area contributed by atoms with Crippen molar-refractivity contribution in [3.63, 3.8) is 0 Å². The number of rotatable bonds is 3. The van der Waals surface area contributed by atoms with E-state index >= 15 is 0 Å². The Morgan fingerprint density at radius 3 is 2.58 bits per heavy atom. The summed E-state index contributed by atoms with van der Waals surface area (Å²) in [5.41, 5.74) is 1.44. The average molecular weight is 276 g/mol. The van der Waals surface area contributed by atoms with E-state index in [4.69, 9.17) is 17.3 Å². The second-order valence-corrected chi connectivity index (χ2v) is 4.55. The van der Waals surface area contributed by atoms with Gasteiger partial charge in [-0.25, -0.2) is 0 Å². The van der Waals surface area contributed by atoms with E-state index in [0.717, 1.165) is 5.56 Å². The van der Waals surface area contributed by atoms with E-state index in [9.17, 15) is 9.59 Å². The Hall–Kier alpha value is -2.21. The number of nitrogens with one attached hydrogen (secondary N) is 1. The van der Waals surface area contributed by atoms with Gasteiger partial charge >= 0.3 is 5.97 Å². The first-order chi connectivity index (χ1) is 8.99. The fourth-order valence-corrected chi connectivity index (χ4v) is 1.98. The molecule has 1 aromatic heterocycles. The van der Waals surface area contributed by atoms with Gasteiger partial charge in [0.05, 0.1) is 12.1 Å². The molecule has 0 saturated carbocycles. The maximum absolute atomic E-state index is 12.2. The summed E-state index contributed by atoms with van der Waals surface area (Å²) in [5.74, 6) is -1.06. The molecule has 6 heteroatoms. The van der Waals surface area contributed by atoms with E-state index in [1.807, 2.05) is 19.1 Å². The first-order valence-corrected chi connectivity index (χ1v) is 6.02. The van der Waals surface area contributed by atoms with Crippen LogP contribution in [0.1, 0.15) is 11.1 Å². The lowest BCUT2D eigenvalue weighted by atomic mass is 10.2. The first-order valence-electron chi connectivity index (χ1n) is 5.61. The number of benzene rings is 1. The van der Waals surface area contributed by atoms with Crippen LogP contribution >= 0.6 is 12.2 Å². The van der Waals surface area contributed by atoms with Crippen molar-refractivity contribution in [2.24, 2.45) is 0 Å². The normalized spacial score (nSPS) is 10.4. The molecule has 98 valence electrons. The molecule has 0 bridgehead atoms. The van der Waals surface area contributed by atoms with Gasteiger partial charge in [-0.3, -0.25) is 14.2 Å². The Morgan fingerprint density at radius 2 is 2.00 bits per heavy atom. The zero-order valence-corrected chi connectivity index (χ0v) is 11.0. The molecule has 0 radical (unpaired) electrons. The molecule has 19 heavy (non-hydrogen) atoms. The Balaban J connectivity index is 2.63. The van der Waals surface area contributed by atoms with Crippen molar-refractivity contribution in [2.45, 2.75) is 13.3 Å². The largest absolute Gasteiger partial charge is 0.481 e. The molecule has 2 rings (SSSR count). The monoisotopic (exact) mass is 276 g/mol. The van der Waals surface area contributed by atoms with Gasteiger partial charge in [0.15, 0.2) is 4.77 Å². The number of aliphatic carboxylic acids is 1. The summed E-state index contributed by atoms with van der Waals surface area (Å²) in [6.45, 7) is 1.94. The molecule has 2 N–H and O–H groups in total. The quantitative estimate of drug-likeness (QED) is 0.839. The van der Waals surface area contributed by atoms with Gasteiger partial charge in [0, 0.05) is 11.8 Å². The van der Waals surface area contributed by atoms with Crippen molar-refractivity contribution >= 4 is 18.2 Å². The van der Waals surface area contributed by atoms with Crippen LogP contribution < -0.4 is 5.56 Å². The van der Waals surface area contributed by atoms with E-state index in [1.165, 1.54) is 10.8 Å². The summed E-state index contributed by atoms with van der Waals surface area (Å²) < 4.78 is 1.54. The average Bonchev–Trinajstić information content (AvgIpc) is 2.35. The van der Waals surface area contributed by atoms with Crippen LogP contribution in [0.15, 0.2) is 35.3 Å². The van der Waals surface area contributed by atoms with Crippen LogP contribution in [0.2, 0.25) is 0 Å². The van der Waals surface area contributed by atoms with Crippen LogP contribution in [0.3, 0.4) is 0 Å². The third kappa shape index (κ3) is 2.79. The van der Waals surface area contributed by atoms with Crippen LogP contribution in [0.25, 0.3) is 5.69 Å². The predicted molar refractivity (Wildman–Crippen MR) is 73.3 cm³/mol. The van der Waals surface area contributed by atoms with Crippen LogP contribution in [-0.2, 0) is 11.2 Å². The summed E-state index contributed by atoms with van der Waals surface area (Å²) in [7, 11) is 0. The highest BCUT2D eigenvalue weighted by Gasteiger charge is 2.10. The zero-order chi connectivity index (χ0) is 14.0. The molecule has 0 spiro atoms. The van der Waals surface area contributed by atoms with Gasteiger partial charge in [-0.05, 0) is 31.3 Å². The topological polar surface area (TPSA) is 75.1 Å². The van der Waals surface area contributed by atoms with Crippen LogP contribution in [-0.4, -0.2) is 20.6 Å². The predicted octanol–water partition coefficient (Wildman–Crippen LogP) is 1.83. The zero-order valence-electron chi connectivity index (χ0n) is 10.2. The third-order valence-electron chi connectivity index (χ3n) is 2.68. The maximum atomic E-state index is 12.2. The van der Waals surface area contributed by atoms with E-state index in [2.05, 4.69) is 4.98 Å². The second-order valence-electron chi connectivity index (χ2n) is 4.17. The van der Waals surface area contributed by atoms with Gasteiger partial charge in [0.2, 0.25) is 0 Å². The van der Waals surface area contributed by atoms with Gasteiger partial charge < -0.3 is 10.1 Å². The summed E-state index contributed by atoms with van der Waals surface area (Å²) in [5, 5.41) is 8.77. The van der Waals surface area contributed by atoms with Crippen molar-refractivity contribution in [3.8, 4) is 5.69 Å². The molecule has 0 unspecified atom stereocenters. The fourth-order valence-electron chi connectivity index (χ4n) is 1.73. The highest BCUT2D eigenvalue weighted by atomic mass is 32.1. The Kier molecular flexibility index (Phi) is 3.62. The number of carboxylic acids is 1. The van der Waals surface area contributed by atoms with Crippen LogP contribution in [0.4, 0.5) is 0 Å². The van der Waals surface area contributed by atoms with Crippen molar-refractivity contribution in [3.05, 3.63) is 56.7 Å². The van der Waals surface area contributed by atoms with E-state index in [-0.39, 0.29) is 16.8 Å². The number of hydrogen-bond donors (Lipinski definition) is 2. The number of nitrogens with zero attached hydrogens (tertiary/aromatic N) is 1. The van der Waals surface area contributed by atoms with Crippen molar-refractivity contribution in [1.29, 1.82) is 0 Å². The highest BCUT2D eigenvalue weighted by molar-refractivity contribution is 7.71. The number of aromatic amines is 1. The van der Waals surface area contributed by atoms with Crippen LogP contribution in [0, 0.1) is 11.7 Å². The van der Waals surface area contributed by atoms with Crippen molar-refractivity contribution in [1.82, 2.24) is 9.55 Å². The second kappa shape index (κ2) is 5.19. The molecule has 0 aliphatic rings. The number of aromatic nitrogens is 2. The van der Waals surface area contributed by atoms with Gasteiger partial charge in [-0.1, -0.05) is 17.7 Å². The van der Waals surface area contributed by atoms with Gasteiger partial charge in [0.1, 0.15) is 0 Å². The van der Waals surface area contributed by atoms with E-state index < -0.39 is 11.5 Å². The SMILES string of the molecule is Cc1ccc(-n2c(=S)[nH]cc(CC(=O)O)c2=O)cc1. The van der Waals surface area contributed by atoms with E-state index in [0.29, 0.717) is 5.69 Å². The Morgan fingerprint density at radius 1 is 1.37 bits per heavy atom. The number of hydrogen-bond acceptors (Lipinski definition) is 3. The molecule has 0 aliphatic heterocycles. The molecular formula is C13H12N2O3S. The molecule has 0 fully saturated rings. The minimum atomic E-state index is -1.06. The Bertz CT molecular complexity index is 729. The van der Waals surface area contributed by atoms with Crippen molar-refractivity contribution < 1.29 is 9.90 Å². The lowest BCUT2D eigenvalue weighted by Crippen LogP contribution is -2.25. The minimum absolute atomic E-state index is 0.168. The third-order valence-corrected chi connectivity index (χ3v) is 2.99. The number of aryl methyl sites for hydroxylation is 1. The molecule has 2 aromatic rings. The van der Waals surface area contributed by atoms with Crippen molar-refractivity contribution in [2.75, 3.05) is 0 Å². The molecule has 1 heterocycles. The molecule has 0 atom stereocenters. The molecule has 0 saturated heterocycles. The summed E-state index contributed by atoms with van der Waals surface area (Å²) >= 11 is 5.09. The summed E-state index contributed by atoms with van der Waals surface area (Å²) in [4.78, 5) is 25.7. The summed E-state index contributed by atoms with van der Waals surface area (Å²) in [6, 6.07) is 7.26. The molecule has 1 aromatic carbocycles. The Labute approximate surface area is 114 Å². The minimum Gasteiger partial charge on any atom is -0.481 e. The van der Waals surface area contributed by atoms with Gasteiger partial charge in [0.25, 0.3) is 5.56 Å². The number of carboxylic acid groups (broad SMARTS) is 1. The number of carbonyl (C=O) groups is 1.